The monoisotopic (exact) mass is 351 g/mol. The number of hydrogen-bond donors (Lipinski definition) is 4. The van der Waals surface area contributed by atoms with Crippen LogP contribution in [0.2, 0.25) is 0 Å². The minimum atomic E-state index is -1.62. The summed E-state index contributed by atoms with van der Waals surface area (Å²) in [6, 6.07) is 3.85. The molecular weight excluding hydrogens is 340 g/mol. The van der Waals surface area contributed by atoms with Crippen LogP contribution < -0.4 is 11.1 Å². The number of carbonyl (C=O) groups is 2. The fourth-order valence-corrected chi connectivity index (χ4v) is 1.96. The number of nitrogen functional groups attached to an aromatic ring is 1. The zero-order valence-corrected chi connectivity index (χ0v) is 12.7. The summed E-state index contributed by atoms with van der Waals surface area (Å²) >= 11 is 1.04. The molecule has 125 valence electrons. The van der Waals surface area contributed by atoms with Crippen molar-refractivity contribution >= 4 is 39.9 Å². The maximum absolute atomic E-state index is 11.8. The number of nitrogens with two attached hydrogens (primary N) is 1. The highest BCUT2D eigenvalue weighted by molar-refractivity contribution is 7.13. The normalized spacial score (nSPS) is 11.1. The van der Waals surface area contributed by atoms with E-state index in [1.165, 1.54) is 23.6 Å². The van der Waals surface area contributed by atoms with Crippen LogP contribution in [0.3, 0.4) is 0 Å². The Bertz CT molecular complexity index is 804. The van der Waals surface area contributed by atoms with Crippen LogP contribution in [0.15, 0.2) is 28.7 Å². The largest absolute Gasteiger partial charge is 0.504 e. The van der Waals surface area contributed by atoms with E-state index in [-0.39, 0.29) is 29.1 Å². The van der Waals surface area contributed by atoms with E-state index in [0.717, 1.165) is 11.3 Å². The number of thiazole rings is 1. The van der Waals surface area contributed by atoms with E-state index in [2.05, 4.69) is 15.5 Å². The number of phenolic OH excluding ortho intramolecular Hbond substituents is 2. The molecule has 1 amide bonds. The number of nitrogens with zero attached hydrogens (tertiary/aromatic N) is 3. The van der Waals surface area contributed by atoms with Gasteiger partial charge in [-0.25, -0.2) is 9.78 Å². The van der Waals surface area contributed by atoms with Gasteiger partial charge in [0.15, 0.2) is 22.4 Å². The van der Waals surface area contributed by atoms with Gasteiger partial charge in [0.2, 0.25) is 0 Å². The molecule has 0 spiro atoms. The number of carboxylic acids is 1. The molecule has 0 bridgehead atoms. The number of aromatic nitrogens is 1. The summed E-state index contributed by atoms with van der Waals surface area (Å²) in [6.07, 6.45) is 0. The molecule has 0 aliphatic heterocycles. The van der Waals surface area contributed by atoms with Crippen molar-refractivity contribution in [2.24, 2.45) is 5.16 Å². The smallest absolute Gasteiger partial charge is 0.363 e. The molecule has 0 aliphatic rings. The van der Waals surface area contributed by atoms with Gasteiger partial charge in [0, 0.05) is 5.38 Å². The molecule has 0 fully saturated rings. The van der Waals surface area contributed by atoms with Crippen molar-refractivity contribution in [1.82, 2.24) is 10.3 Å². The summed E-state index contributed by atoms with van der Waals surface area (Å²) in [7, 11) is 0. The lowest BCUT2D eigenvalue weighted by Gasteiger charge is -2.03. The van der Waals surface area contributed by atoms with Crippen LogP contribution in [0.25, 0.3) is 0 Å². The summed E-state index contributed by atoms with van der Waals surface area (Å²) in [6.45, 7) is -0.235. The van der Waals surface area contributed by atoms with Gasteiger partial charge < -0.3 is 25.9 Å². The molecule has 1 radical (unpaired) electrons. The molecule has 0 saturated heterocycles. The first-order valence-corrected chi connectivity index (χ1v) is 7.16. The molecule has 1 heterocycles. The van der Waals surface area contributed by atoms with E-state index < -0.39 is 17.6 Å². The van der Waals surface area contributed by atoms with E-state index in [0.29, 0.717) is 5.56 Å². The molecular formula is C13H11N4O6S. The molecule has 0 saturated carbocycles. The lowest BCUT2D eigenvalue weighted by molar-refractivity contribution is -0.130. The third kappa shape index (κ3) is 4.33. The Morgan fingerprint density at radius 1 is 1.29 bits per heavy atom. The molecule has 10 nitrogen and oxygen atoms in total. The average Bonchev–Trinajstić information content (AvgIpc) is 2.91. The van der Waals surface area contributed by atoms with Gasteiger partial charge in [0.25, 0.3) is 5.71 Å². The van der Waals surface area contributed by atoms with Crippen LogP contribution in [0.5, 0.6) is 11.5 Å². The molecule has 24 heavy (non-hydrogen) atoms. The van der Waals surface area contributed by atoms with E-state index in [1.54, 1.807) is 0 Å². The lowest BCUT2D eigenvalue weighted by Crippen LogP contribution is -2.29. The number of amides is 1. The highest BCUT2D eigenvalue weighted by Crippen LogP contribution is 2.25. The lowest BCUT2D eigenvalue weighted by atomic mass is 10.2. The van der Waals surface area contributed by atoms with Crippen LogP contribution >= 0.6 is 11.3 Å². The first-order chi connectivity index (χ1) is 11.4. The molecule has 0 unspecified atom stereocenters. The number of anilines is 1. The number of phenols is 2. The molecule has 11 heteroatoms. The van der Waals surface area contributed by atoms with Crippen LogP contribution in [-0.4, -0.2) is 37.9 Å². The second kappa shape index (κ2) is 7.28. The minimum Gasteiger partial charge on any atom is -0.504 e. The zero-order chi connectivity index (χ0) is 17.7. The van der Waals surface area contributed by atoms with Gasteiger partial charge in [-0.3, -0.25) is 4.79 Å². The van der Waals surface area contributed by atoms with E-state index in [1.807, 2.05) is 0 Å². The maximum atomic E-state index is 11.8. The second-order valence-corrected chi connectivity index (χ2v) is 5.19. The van der Waals surface area contributed by atoms with Crippen molar-refractivity contribution in [3.05, 3.63) is 29.1 Å². The van der Waals surface area contributed by atoms with Gasteiger partial charge in [-0.1, -0.05) is 11.2 Å². The standard InChI is InChI=1S/C13H11N4O6S/c14-13-16-9(5-24-13)15-11(20)10(12(21)22)17-23-4-6-1-2-7(18)8(19)3-6/h1-3,5,18-19H,4H2,(H2,14,16)(H,21,22). The van der Waals surface area contributed by atoms with Gasteiger partial charge in [0.1, 0.15) is 6.61 Å². The van der Waals surface area contributed by atoms with E-state index >= 15 is 0 Å². The van der Waals surface area contributed by atoms with E-state index in [4.69, 9.17) is 15.7 Å². The first kappa shape index (κ1) is 17.0. The average molecular weight is 351 g/mol. The molecule has 5 N–H and O–H groups in total. The van der Waals surface area contributed by atoms with Crippen molar-refractivity contribution in [3.8, 4) is 11.5 Å². The fourth-order valence-electron chi connectivity index (χ4n) is 1.49. The Balaban J connectivity index is 2.03. The molecule has 1 aromatic carbocycles. The summed E-state index contributed by atoms with van der Waals surface area (Å²) < 4.78 is 0. The second-order valence-electron chi connectivity index (χ2n) is 4.30. The molecule has 0 atom stereocenters. The summed E-state index contributed by atoms with van der Waals surface area (Å²) in [4.78, 5) is 31.4. The third-order valence-electron chi connectivity index (χ3n) is 2.56. The quantitative estimate of drug-likeness (QED) is 0.253. The van der Waals surface area contributed by atoms with Gasteiger partial charge in [-0.2, -0.15) is 5.32 Å². The molecule has 1 aromatic heterocycles. The number of benzene rings is 1. The number of aromatic hydroxyl groups is 2. The molecule has 0 aliphatic carbocycles. The van der Waals surface area contributed by atoms with Crippen LogP contribution in [0.1, 0.15) is 5.56 Å². The van der Waals surface area contributed by atoms with E-state index in [9.17, 15) is 19.8 Å². The first-order valence-electron chi connectivity index (χ1n) is 6.28. The number of carbonyl (C=O) groups excluding carboxylic acids is 1. The van der Waals surface area contributed by atoms with Gasteiger partial charge in [-0.05, 0) is 17.7 Å². The Hall–Kier alpha value is -3.34. The van der Waals surface area contributed by atoms with Crippen LogP contribution in [-0.2, 0) is 21.0 Å². The maximum Gasteiger partial charge on any atom is 0.363 e. The number of oxime groups is 1. The predicted molar refractivity (Wildman–Crippen MR) is 83.0 cm³/mol. The van der Waals surface area contributed by atoms with Crippen molar-refractivity contribution in [2.75, 3.05) is 5.73 Å². The van der Waals surface area contributed by atoms with Crippen molar-refractivity contribution in [3.63, 3.8) is 0 Å². The topological polar surface area (TPSA) is 169 Å². The third-order valence-corrected chi connectivity index (χ3v) is 3.22. The Labute approximate surface area is 138 Å². The predicted octanol–water partition coefficient (Wildman–Crippen LogP) is 0.556. The van der Waals surface area contributed by atoms with Gasteiger partial charge in [-0.15, -0.1) is 11.3 Å². The summed E-state index contributed by atoms with van der Waals surface area (Å²) in [5, 5.41) is 35.8. The molecule has 2 rings (SSSR count). The number of aliphatic carboxylic acids is 1. The van der Waals surface area contributed by atoms with Crippen LogP contribution in [0.4, 0.5) is 10.9 Å². The summed E-state index contributed by atoms with van der Waals surface area (Å²) in [5.74, 6) is -3.49. The SMILES string of the molecule is Nc1nc([N]C(=O)C(=NOCc2ccc(O)c(O)c2)C(=O)O)cs1. The van der Waals surface area contributed by atoms with Crippen molar-refractivity contribution in [2.45, 2.75) is 6.61 Å². The van der Waals surface area contributed by atoms with Gasteiger partial charge in [0.05, 0.1) is 0 Å². The summed E-state index contributed by atoms with van der Waals surface area (Å²) in [5.41, 5.74) is 4.84. The highest BCUT2D eigenvalue weighted by Gasteiger charge is 2.23. The Morgan fingerprint density at radius 2 is 2.04 bits per heavy atom. The number of hydrogen-bond acceptors (Lipinski definition) is 9. The Kier molecular flexibility index (Phi) is 5.16. The Morgan fingerprint density at radius 3 is 2.62 bits per heavy atom. The minimum absolute atomic E-state index is 0.0279. The fraction of sp³-hybridized carbons (Fsp3) is 0.0769. The zero-order valence-electron chi connectivity index (χ0n) is 11.9. The molecule has 2 aromatic rings. The van der Waals surface area contributed by atoms with Crippen molar-refractivity contribution in [1.29, 1.82) is 0 Å². The number of carboxylic acid groups (broad SMARTS) is 1. The van der Waals surface area contributed by atoms with Crippen molar-refractivity contribution < 1.29 is 29.7 Å². The highest BCUT2D eigenvalue weighted by atomic mass is 32.1. The van der Waals surface area contributed by atoms with Crippen LogP contribution in [0, 0.1) is 0 Å². The number of rotatable bonds is 6. The van der Waals surface area contributed by atoms with Gasteiger partial charge >= 0.3 is 11.9 Å².